The number of piperidine rings is 1. The van der Waals surface area contributed by atoms with E-state index in [1.54, 1.807) is 7.11 Å². The van der Waals surface area contributed by atoms with Gasteiger partial charge in [-0.05, 0) is 19.3 Å². The summed E-state index contributed by atoms with van der Waals surface area (Å²) in [6.07, 6.45) is 4.49. The Balaban J connectivity index is 1.52. The molecule has 1 aromatic heterocycles. The molecule has 2 fully saturated rings. The first-order valence-corrected chi connectivity index (χ1v) is 7.79. The van der Waals surface area contributed by atoms with Crippen LogP contribution in [0.2, 0.25) is 0 Å². The standard InChI is InChI=1S/C15H23N5O2/c1-19-6-5-12(15(19)21)20-7-3-11(4-8-20)18-13-9-14(22-2)17-10-16-13/h9-12H,3-8H2,1-2H3,(H,16,17,18). The Morgan fingerprint density at radius 3 is 2.64 bits per heavy atom. The molecule has 0 aliphatic carbocycles. The maximum atomic E-state index is 12.1. The van der Waals surface area contributed by atoms with Gasteiger partial charge in [0, 0.05) is 38.8 Å². The highest BCUT2D eigenvalue weighted by molar-refractivity contribution is 5.83. The first-order chi connectivity index (χ1) is 10.7. The zero-order valence-electron chi connectivity index (χ0n) is 13.2. The van der Waals surface area contributed by atoms with Crippen molar-refractivity contribution < 1.29 is 9.53 Å². The minimum Gasteiger partial charge on any atom is -0.481 e. The summed E-state index contributed by atoms with van der Waals surface area (Å²) < 4.78 is 5.11. The van der Waals surface area contributed by atoms with E-state index in [0.29, 0.717) is 11.9 Å². The number of methoxy groups -OCH3 is 1. The van der Waals surface area contributed by atoms with Gasteiger partial charge in [-0.15, -0.1) is 0 Å². The summed E-state index contributed by atoms with van der Waals surface area (Å²) in [7, 11) is 3.49. The van der Waals surface area contributed by atoms with Crippen LogP contribution in [-0.2, 0) is 4.79 Å². The third-order valence-electron chi connectivity index (χ3n) is 4.57. The van der Waals surface area contributed by atoms with E-state index in [1.807, 2.05) is 18.0 Å². The molecule has 7 heteroatoms. The molecule has 0 spiro atoms. The topological polar surface area (TPSA) is 70.6 Å². The summed E-state index contributed by atoms with van der Waals surface area (Å²) in [5.74, 6) is 1.63. The molecule has 1 atom stereocenters. The van der Waals surface area contributed by atoms with E-state index in [9.17, 15) is 4.79 Å². The number of likely N-dealkylation sites (tertiary alicyclic amines) is 2. The highest BCUT2D eigenvalue weighted by Crippen LogP contribution is 2.22. The maximum Gasteiger partial charge on any atom is 0.239 e. The van der Waals surface area contributed by atoms with Gasteiger partial charge in [-0.2, -0.15) is 0 Å². The zero-order chi connectivity index (χ0) is 15.5. The van der Waals surface area contributed by atoms with Gasteiger partial charge in [-0.3, -0.25) is 9.69 Å². The van der Waals surface area contributed by atoms with Gasteiger partial charge in [0.25, 0.3) is 0 Å². The summed E-state index contributed by atoms with van der Waals surface area (Å²) in [6, 6.07) is 2.28. The van der Waals surface area contributed by atoms with Gasteiger partial charge >= 0.3 is 0 Å². The molecule has 1 aromatic rings. The van der Waals surface area contributed by atoms with Gasteiger partial charge in [0.15, 0.2) is 0 Å². The van der Waals surface area contributed by atoms with Crippen LogP contribution in [0.3, 0.4) is 0 Å². The normalized spacial score (nSPS) is 23.8. The Morgan fingerprint density at radius 2 is 2.00 bits per heavy atom. The third-order valence-corrected chi connectivity index (χ3v) is 4.57. The molecule has 0 aromatic carbocycles. The number of amides is 1. The van der Waals surface area contributed by atoms with E-state index in [0.717, 1.165) is 44.7 Å². The van der Waals surface area contributed by atoms with E-state index in [2.05, 4.69) is 20.2 Å². The highest BCUT2D eigenvalue weighted by atomic mass is 16.5. The molecule has 0 bridgehead atoms. The van der Waals surface area contributed by atoms with Crippen LogP contribution in [0.25, 0.3) is 0 Å². The van der Waals surface area contributed by atoms with Crippen molar-refractivity contribution >= 4 is 11.7 Å². The van der Waals surface area contributed by atoms with E-state index in [1.165, 1.54) is 6.33 Å². The fraction of sp³-hybridized carbons (Fsp3) is 0.667. The van der Waals surface area contributed by atoms with Crippen molar-refractivity contribution in [3.63, 3.8) is 0 Å². The van der Waals surface area contributed by atoms with Gasteiger partial charge in [-0.1, -0.05) is 0 Å². The fourth-order valence-corrected chi connectivity index (χ4v) is 3.24. The molecule has 2 saturated heterocycles. The van der Waals surface area contributed by atoms with E-state index >= 15 is 0 Å². The Bertz CT molecular complexity index is 530. The molecular formula is C15H23N5O2. The molecule has 2 aliphatic heterocycles. The lowest BCUT2D eigenvalue weighted by atomic mass is 10.0. The molecule has 0 saturated carbocycles. The molecule has 3 heterocycles. The summed E-state index contributed by atoms with van der Waals surface area (Å²) in [4.78, 5) is 24.5. The van der Waals surface area contributed by atoms with Crippen molar-refractivity contribution in [2.24, 2.45) is 0 Å². The Hall–Kier alpha value is -1.89. The first kappa shape index (κ1) is 15.0. The van der Waals surface area contributed by atoms with E-state index < -0.39 is 0 Å². The summed E-state index contributed by atoms with van der Waals surface area (Å²) >= 11 is 0. The van der Waals surface area contributed by atoms with Crippen molar-refractivity contribution in [1.29, 1.82) is 0 Å². The largest absolute Gasteiger partial charge is 0.481 e. The van der Waals surface area contributed by atoms with Gasteiger partial charge < -0.3 is 15.0 Å². The molecule has 2 aliphatic rings. The van der Waals surface area contributed by atoms with Gasteiger partial charge in [0.05, 0.1) is 13.2 Å². The van der Waals surface area contributed by atoms with Crippen molar-refractivity contribution in [3.8, 4) is 5.88 Å². The highest BCUT2D eigenvalue weighted by Gasteiger charge is 2.35. The molecule has 1 amide bonds. The van der Waals surface area contributed by atoms with Crippen molar-refractivity contribution in [1.82, 2.24) is 19.8 Å². The van der Waals surface area contributed by atoms with Crippen LogP contribution in [-0.4, -0.2) is 71.6 Å². The Labute approximate surface area is 130 Å². The first-order valence-electron chi connectivity index (χ1n) is 7.79. The minimum absolute atomic E-state index is 0.0881. The number of nitrogens with one attached hydrogen (secondary N) is 1. The predicted molar refractivity (Wildman–Crippen MR) is 82.8 cm³/mol. The van der Waals surface area contributed by atoms with Gasteiger partial charge in [0.1, 0.15) is 12.1 Å². The molecule has 7 nitrogen and oxygen atoms in total. The number of hydrogen-bond donors (Lipinski definition) is 1. The second kappa shape index (κ2) is 6.48. The number of likely N-dealkylation sites (N-methyl/N-ethyl adjacent to an activating group) is 1. The van der Waals surface area contributed by atoms with Crippen LogP contribution in [0.4, 0.5) is 5.82 Å². The number of carbonyl (C=O) groups excluding carboxylic acids is 1. The zero-order valence-corrected chi connectivity index (χ0v) is 13.2. The quantitative estimate of drug-likeness (QED) is 0.878. The Kier molecular flexibility index (Phi) is 4.42. The van der Waals surface area contributed by atoms with Crippen LogP contribution in [0, 0.1) is 0 Å². The van der Waals surface area contributed by atoms with Crippen molar-refractivity contribution in [3.05, 3.63) is 12.4 Å². The Morgan fingerprint density at radius 1 is 1.23 bits per heavy atom. The number of carbonyl (C=O) groups is 1. The number of nitrogens with zero attached hydrogens (tertiary/aromatic N) is 4. The van der Waals surface area contributed by atoms with E-state index in [4.69, 9.17) is 4.74 Å². The second-order valence-electron chi connectivity index (χ2n) is 5.96. The molecule has 3 rings (SSSR count). The summed E-state index contributed by atoms with van der Waals surface area (Å²) in [5, 5.41) is 3.43. The van der Waals surface area contributed by atoms with Crippen molar-refractivity contribution in [2.45, 2.75) is 31.3 Å². The number of ether oxygens (including phenoxy) is 1. The van der Waals surface area contributed by atoms with E-state index in [-0.39, 0.29) is 11.9 Å². The van der Waals surface area contributed by atoms with Crippen LogP contribution in [0.15, 0.2) is 12.4 Å². The number of aromatic nitrogens is 2. The third kappa shape index (κ3) is 3.14. The molecule has 1 unspecified atom stereocenters. The SMILES string of the molecule is COc1cc(NC2CCN(C3CCN(C)C3=O)CC2)ncn1. The molecule has 120 valence electrons. The average molecular weight is 305 g/mol. The maximum absolute atomic E-state index is 12.1. The fourth-order valence-electron chi connectivity index (χ4n) is 3.24. The minimum atomic E-state index is 0.0881. The number of hydrogen-bond acceptors (Lipinski definition) is 6. The van der Waals surface area contributed by atoms with Crippen molar-refractivity contribution in [2.75, 3.05) is 39.1 Å². The smallest absolute Gasteiger partial charge is 0.239 e. The lowest BCUT2D eigenvalue weighted by Crippen LogP contribution is -2.47. The number of anilines is 1. The van der Waals surface area contributed by atoms with Crippen LogP contribution in [0.5, 0.6) is 5.88 Å². The van der Waals surface area contributed by atoms with Gasteiger partial charge in [-0.25, -0.2) is 9.97 Å². The van der Waals surface area contributed by atoms with Gasteiger partial charge in [0.2, 0.25) is 11.8 Å². The monoisotopic (exact) mass is 305 g/mol. The molecule has 0 radical (unpaired) electrons. The predicted octanol–water partition coefficient (Wildman–Crippen LogP) is 0.592. The molecule has 22 heavy (non-hydrogen) atoms. The molecule has 1 N–H and O–H groups in total. The van der Waals surface area contributed by atoms with Crippen LogP contribution >= 0.6 is 0 Å². The number of rotatable bonds is 4. The van der Waals surface area contributed by atoms with Crippen LogP contribution in [0.1, 0.15) is 19.3 Å². The summed E-state index contributed by atoms with van der Waals surface area (Å²) in [5.41, 5.74) is 0. The second-order valence-corrected chi connectivity index (χ2v) is 5.96. The molecular weight excluding hydrogens is 282 g/mol. The lowest BCUT2D eigenvalue weighted by molar-refractivity contribution is -0.131. The summed E-state index contributed by atoms with van der Waals surface area (Å²) in [6.45, 7) is 2.77. The lowest BCUT2D eigenvalue weighted by Gasteiger charge is -2.35. The van der Waals surface area contributed by atoms with Crippen LogP contribution < -0.4 is 10.1 Å². The average Bonchev–Trinajstić information content (AvgIpc) is 2.88.